The molecule has 2 rings (SSSR count). The second-order valence-electron chi connectivity index (χ2n) is 5.63. The number of hydrogen-bond donors (Lipinski definition) is 1. The van der Waals surface area contributed by atoms with Crippen LogP contribution in [0.2, 0.25) is 0 Å². The van der Waals surface area contributed by atoms with E-state index in [9.17, 15) is 5.11 Å². The predicted octanol–water partition coefficient (Wildman–Crippen LogP) is 3.15. The maximum atomic E-state index is 10.3. The first kappa shape index (κ1) is 13.6. The van der Waals surface area contributed by atoms with Gasteiger partial charge in [0.25, 0.3) is 0 Å². The van der Waals surface area contributed by atoms with Crippen molar-refractivity contribution in [2.75, 3.05) is 19.6 Å². The smallest absolute Gasteiger partial charge is 0.0916 e. The van der Waals surface area contributed by atoms with Crippen LogP contribution in [0.25, 0.3) is 0 Å². The monoisotopic (exact) mass is 247 g/mol. The third kappa shape index (κ3) is 4.11. The van der Waals surface area contributed by atoms with Crippen LogP contribution in [0.5, 0.6) is 0 Å². The zero-order chi connectivity index (χ0) is 13.0. The van der Waals surface area contributed by atoms with Crippen molar-refractivity contribution in [3.05, 3.63) is 35.4 Å². The SMILES string of the molecule is CCCN(CC1CC1)CC(O)c1ccc(C)cc1. The van der Waals surface area contributed by atoms with Crippen molar-refractivity contribution < 1.29 is 5.11 Å². The van der Waals surface area contributed by atoms with Crippen LogP contribution >= 0.6 is 0 Å². The Morgan fingerprint density at radius 2 is 1.94 bits per heavy atom. The first-order chi connectivity index (χ1) is 8.69. The standard InChI is InChI=1S/C16H25NO/c1-3-10-17(11-14-6-7-14)12-16(18)15-8-4-13(2)5-9-15/h4-5,8-9,14,16,18H,3,6-7,10-12H2,1-2H3. The summed E-state index contributed by atoms with van der Waals surface area (Å²) in [7, 11) is 0. The van der Waals surface area contributed by atoms with Crippen LogP contribution in [0.4, 0.5) is 0 Å². The molecule has 2 heteroatoms. The molecule has 2 nitrogen and oxygen atoms in total. The summed E-state index contributed by atoms with van der Waals surface area (Å²) in [6.07, 6.45) is 3.56. The molecular formula is C16H25NO. The topological polar surface area (TPSA) is 23.5 Å². The fraction of sp³-hybridized carbons (Fsp3) is 0.625. The number of rotatable bonds is 7. The highest BCUT2D eigenvalue weighted by Crippen LogP contribution is 2.30. The highest BCUT2D eigenvalue weighted by Gasteiger charge is 2.25. The Bertz CT molecular complexity index is 356. The van der Waals surface area contributed by atoms with E-state index in [1.165, 1.54) is 18.4 Å². The van der Waals surface area contributed by atoms with Gasteiger partial charge in [0.1, 0.15) is 0 Å². The molecule has 1 aliphatic rings. The zero-order valence-electron chi connectivity index (χ0n) is 11.6. The predicted molar refractivity (Wildman–Crippen MR) is 75.6 cm³/mol. The summed E-state index contributed by atoms with van der Waals surface area (Å²) in [6.45, 7) is 7.31. The van der Waals surface area contributed by atoms with E-state index >= 15 is 0 Å². The number of hydrogen-bond acceptors (Lipinski definition) is 2. The van der Waals surface area contributed by atoms with Gasteiger partial charge >= 0.3 is 0 Å². The molecule has 0 aliphatic heterocycles. The Kier molecular flexibility index (Phi) is 4.79. The second kappa shape index (κ2) is 6.35. The van der Waals surface area contributed by atoms with Gasteiger partial charge in [0, 0.05) is 13.1 Å². The highest BCUT2D eigenvalue weighted by atomic mass is 16.3. The van der Waals surface area contributed by atoms with Crippen molar-refractivity contribution in [3.63, 3.8) is 0 Å². The number of benzene rings is 1. The lowest BCUT2D eigenvalue weighted by atomic mass is 10.1. The van der Waals surface area contributed by atoms with E-state index in [0.29, 0.717) is 0 Å². The molecule has 18 heavy (non-hydrogen) atoms. The van der Waals surface area contributed by atoms with Gasteiger partial charge in [-0.1, -0.05) is 36.8 Å². The van der Waals surface area contributed by atoms with Crippen LogP contribution in [0.1, 0.15) is 43.4 Å². The van der Waals surface area contributed by atoms with Crippen LogP contribution in [0.3, 0.4) is 0 Å². The lowest BCUT2D eigenvalue weighted by Crippen LogP contribution is -2.31. The summed E-state index contributed by atoms with van der Waals surface area (Å²) in [4.78, 5) is 2.42. The fourth-order valence-electron chi connectivity index (χ4n) is 2.38. The van der Waals surface area contributed by atoms with Gasteiger partial charge in [0.05, 0.1) is 6.10 Å². The summed E-state index contributed by atoms with van der Waals surface area (Å²) in [5.74, 6) is 0.891. The van der Waals surface area contributed by atoms with Crippen LogP contribution in [-0.2, 0) is 0 Å². The normalized spacial score (nSPS) is 17.1. The summed E-state index contributed by atoms with van der Waals surface area (Å²) in [6, 6.07) is 8.23. The van der Waals surface area contributed by atoms with E-state index in [0.717, 1.165) is 37.5 Å². The Hall–Kier alpha value is -0.860. The third-order valence-corrected chi connectivity index (χ3v) is 3.65. The van der Waals surface area contributed by atoms with Gasteiger partial charge in [-0.15, -0.1) is 0 Å². The number of aliphatic hydroxyl groups excluding tert-OH is 1. The third-order valence-electron chi connectivity index (χ3n) is 3.65. The molecule has 1 saturated carbocycles. The summed E-state index contributed by atoms with van der Waals surface area (Å²) < 4.78 is 0. The molecule has 1 atom stereocenters. The molecule has 1 aliphatic carbocycles. The molecule has 0 spiro atoms. The molecule has 0 heterocycles. The van der Waals surface area contributed by atoms with Gasteiger partial charge in [0.2, 0.25) is 0 Å². The second-order valence-corrected chi connectivity index (χ2v) is 5.63. The van der Waals surface area contributed by atoms with E-state index in [-0.39, 0.29) is 6.10 Å². The Labute approximate surface area is 111 Å². The van der Waals surface area contributed by atoms with Gasteiger partial charge in [-0.05, 0) is 44.2 Å². The van der Waals surface area contributed by atoms with Crippen molar-refractivity contribution >= 4 is 0 Å². The van der Waals surface area contributed by atoms with Crippen LogP contribution < -0.4 is 0 Å². The summed E-state index contributed by atoms with van der Waals surface area (Å²) >= 11 is 0. The van der Waals surface area contributed by atoms with Crippen molar-refractivity contribution in [1.29, 1.82) is 0 Å². The van der Waals surface area contributed by atoms with Crippen LogP contribution in [0, 0.1) is 12.8 Å². The largest absolute Gasteiger partial charge is 0.387 e. The molecule has 100 valence electrons. The van der Waals surface area contributed by atoms with Gasteiger partial charge in [0.15, 0.2) is 0 Å². The van der Waals surface area contributed by atoms with Crippen molar-refractivity contribution in [2.24, 2.45) is 5.92 Å². The molecular weight excluding hydrogens is 222 g/mol. The molecule has 0 aromatic heterocycles. The van der Waals surface area contributed by atoms with Gasteiger partial charge < -0.3 is 10.0 Å². The molecule has 0 radical (unpaired) electrons. The zero-order valence-corrected chi connectivity index (χ0v) is 11.6. The Balaban J connectivity index is 1.90. The minimum Gasteiger partial charge on any atom is -0.387 e. The Morgan fingerprint density at radius 3 is 2.50 bits per heavy atom. The molecule has 0 saturated heterocycles. The molecule has 0 amide bonds. The molecule has 1 unspecified atom stereocenters. The van der Waals surface area contributed by atoms with E-state index in [1.807, 2.05) is 12.1 Å². The van der Waals surface area contributed by atoms with Crippen LogP contribution in [0.15, 0.2) is 24.3 Å². The highest BCUT2D eigenvalue weighted by molar-refractivity contribution is 5.23. The number of aliphatic hydroxyl groups is 1. The molecule has 1 fully saturated rings. The molecule has 1 aromatic carbocycles. The van der Waals surface area contributed by atoms with Gasteiger partial charge in [-0.25, -0.2) is 0 Å². The Morgan fingerprint density at radius 1 is 1.28 bits per heavy atom. The quantitative estimate of drug-likeness (QED) is 0.800. The van der Waals surface area contributed by atoms with Crippen molar-refractivity contribution in [3.8, 4) is 0 Å². The number of nitrogens with zero attached hydrogens (tertiary/aromatic N) is 1. The lowest BCUT2D eigenvalue weighted by molar-refractivity contribution is 0.110. The first-order valence-corrected chi connectivity index (χ1v) is 7.16. The van der Waals surface area contributed by atoms with Gasteiger partial charge in [-0.2, -0.15) is 0 Å². The van der Waals surface area contributed by atoms with E-state index < -0.39 is 0 Å². The molecule has 1 N–H and O–H groups in total. The van der Waals surface area contributed by atoms with Crippen molar-refractivity contribution in [1.82, 2.24) is 4.90 Å². The average Bonchev–Trinajstić information content (AvgIpc) is 3.14. The first-order valence-electron chi connectivity index (χ1n) is 7.16. The number of aryl methyl sites for hydroxylation is 1. The maximum Gasteiger partial charge on any atom is 0.0916 e. The lowest BCUT2D eigenvalue weighted by Gasteiger charge is -2.24. The van der Waals surface area contributed by atoms with Gasteiger partial charge in [-0.3, -0.25) is 0 Å². The minimum atomic E-state index is -0.351. The minimum absolute atomic E-state index is 0.351. The van der Waals surface area contributed by atoms with E-state index in [2.05, 4.69) is 30.9 Å². The molecule has 0 bridgehead atoms. The van der Waals surface area contributed by atoms with Crippen LogP contribution in [-0.4, -0.2) is 29.6 Å². The van der Waals surface area contributed by atoms with Crippen molar-refractivity contribution in [2.45, 2.75) is 39.2 Å². The summed E-state index contributed by atoms with van der Waals surface area (Å²) in [5, 5.41) is 10.3. The van der Waals surface area contributed by atoms with E-state index in [4.69, 9.17) is 0 Å². The van der Waals surface area contributed by atoms with E-state index in [1.54, 1.807) is 0 Å². The molecule has 1 aromatic rings. The average molecular weight is 247 g/mol. The maximum absolute atomic E-state index is 10.3. The summed E-state index contributed by atoms with van der Waals surface area (Å²) in [5.41, 5.74) is 2.28. The fourth-order valence-corrected chi connectivity index (χ4v) is 2.38.